The van der Waals surface area contributed by atoms with E-state index >= 15 is 0 Å². The highest BCUT2D eigenvalue weighted by Crippen LogP contribution is 2.24. The van der Waals surface area contributed by atoms with Crippen molar-refractivity contribution in [3.8, 4) is 0 Å². The van der Waals surface area contributed by atoms with Crippen LogP contribution in [0.3, 0.4) is 0 Å². The van der Waals surface area contributed by atoms with Crippen LogP contribution in [0.4, 0.5) is 0 Å². The lowest BCUT2D eigenvalue weighted by Crippen LogP contribution is -2.42. The highest BCUT2D eigenvalue weighted by molar-refractivity contribution is 5.89. The predicted molar refractivity (Wildman–Crippen MR) is 90.1 cm³/mol. The van der Waals surface area contributed by atoms with E-state index in [1.165, 1.54) is 0 Å². The Balaban J connectivity index is 1.41. The summed E-state index contributed by atoms with van der Waals surface area (Å²) in [6, 6.07) is 9.89. The number of aryl methyl sites for hydroxylation is 1. The Bertz CT molecular complexity index is 801. The number of carbonyl (C=O) groups is 2. The fourth-order valence-corrected chi connectivity index (χ4v) is 3.64. The van der Waals surface area contributed by atoms with Crippen molar-refractivity contribution in [3.63, 3.8) is 0 Å². The molecule has 0 radical (unpaired) electrons. The smallest absolute Gasteiger partial charge is 0.228 e. The van der Waals surface area contributed by atoms with Crippen molar-refractivity contribution >= 4 is 11.8 Å². The van der Waals surface area contributed by atoms with Crippen LogP contribution in [0.15, 0.2) is 30.3 Å². The molecule has 2 aliphatic heterocycles. The molecule has 130 valence electrons. The van der Waals surface area contributed by atoms with E-state index in [-0.39, 0.29) is 17.7 Å². The van der Waals surface area contributed by atoms with Gasteiger partial charge in [-0.2, -0.15) is 0 Å². The molecule has 0 unspecified atom stereocenters. The molecule has 3 heterocycles. The van der Waals surface area contributed by atoms with Crippen LogP contribution in [-0.2, 0) is 29.2 Å². The molecule has 4 rings (SSSR count). The van der Waals surface area contributed by atoms with Gasteiger partial charge in [0, 0.05) is 32.6 Å². The summed E-state index contributed by atoms with van der Waals surface area (Å²) >= 11 is 0. The van der Waals surface area contributed by atoms with E-state index in [9.17, 15) is 9.59 Å². The van der Waals surface area contributed by atoms with Crippen molar-refractivity contribution in [2.24, 2.45) is 5.92 Å². The van der Waals surface area contributed by atoms with E-state index in [0.717, 1.165) is 17.2 Å². The average molecular weight is 339 g/mol. The lowest BCUT2D eigenvalue weighted by molar-refractivity contribution is -0.137. The van der Waals surface area contributed by atoms with Crippen LogP contribution in [0.2, 0.25) is 0 Å². The second-order valence-electron chi connectivity index (χ2n) is 6.74. The normalized spacial score (nSPS) is 20.0. The third kappa shape index (κ3) is 3.01. The van der Waals surface area contributed by atoms with Crippen molar-refractivity contribution in [2.75, 3.05) is 13.1 Å². The number of amides is 2. The molecule has 2 aromatic rings. The van der Waals surface area contributed by atoms with E-state index < -0.39 is 0 Å². The number of rotatable bonds is 3. The van der Waals surface area contributed by atoms with Crippen LogP contribution in [0.5, 0.6) is 0 Å². The topological polar surface area (TPSA) is 71.3 Å². The van der Waals surface area contributed by atoms with Crippen LogP contribution in [-0.4, -0.2) is 49.5 Å². The van der Waals surface area contributed by atoms with E-state index in [2.05, 4.69) is 10.2 Å². The number of likely N-dealkylation sites (tertiary alicyclic amines) is 1. The Morgan fingerprint density at radius 3 is 2.80 bits per heavy atom. The van der Waals surface area contributed by atoms with Gasteiger partial charge in [-0.1, -0.05) is 30.3 Å². The minimum atomic E-state index is -0.258. The molecule has 0 aliphatic carbocycles. The molecule has 1 atom stereocenters. The molecule has 1 saturated heterocycles. The highest BCUT2D eigenvalue weighted by atomic mass is 16.2. The predicted octanol–water partition coefficient (Wildman–Crippen LogP) is 0.977. The molecule has 2 aliphatic rings. The van der Waals surface area contributed by atoms with Gasteiger partial charge in [0.2, 0.25) is 11.8 Å². The fourth-order valence-electron chi connectivity index (χ4n) is 3.64. The maximum atomic E-state index is 12.9. The summed E-state index contributed by atoms with van der Waals surface area (Å²) in [7, 11) is 0. The van der Waals surface area contributed by atoms with Gasteiger partial charge in [0.15, 0.2) is 5.82 Å². The van der Waals surface area contributed by atoms with Gasteiger partial charge in [0.1, 0.15) is 5.82 Å². The summed E-state index contributed by atoms with van der Waals surface area (Å²) in [6.45, 7) is 4.82. The second-order valence-corrected chi connectivity index (χ2v) is 6.74. The molecule has 1 aromatic heterocycles. The van der Waals surface area contributed by atoms with Crippen LogP contribution in [0.25, 0.3) is 0 Å². The van der Waals surface area contributed by atoms with Crippen molar-refractivity contribution < 1.29 is 9.59 Å². The van der Waals surface area contributed by atoms with Crippen molar-refractivity contribution in [1.82, 2.24) is 24.6 Å². The standard InChI is InChI=1S/C18H21N5O2/c1-13-19-20-16-12-21(7-8-23(13)16)18(25)15-9-17(24)22(11-15)10-14-5-3-2-4-6-14/h2-6,15H,7-12H2,1H3/t15-/m0/s1. The number of benzene rings is 1. The van der Waals surface area contributed by atoms with E-state index in [4.69, 9.17) is 0 Å². The van der Waals surface area contributed by atoms with Crippen molar-refractivity contribution in [2.45, 2.75) is 33.0 Å². The number of fused-ring (bicyclic) bond motifs is 1. The zero-order valence-electron chi connectivity index (χ0n) is 14.3. The SMILES string of the molecule is Cc1nnc2n1CCN(C(=O)[C@H]1CC(=O)N(Cc3ccccc3)C1)C2. The van der Waals surface area contributed by atoms with Crippen LogP contribution < -0.4 is 0 Å². The lowest BCUT2D eigenvalue weighted by Gasteiger charge is -2.29. The Hall–Kier alpha value is -2.70. The van der Waals surface area contributed by atoms with Gasteiger partial charge in [-0.3, -0.25) is 9.59 Å². The molecule has 7 nitrogen and oxygen atoms in total. The largest absolute Gasteiger partial charge is 0.338 e. The number of carbonyl (C=O) groups excluding carboxylic acids is 2. The molecule has 1 fully saturated rings. The maximum absolute atomic E-state index is 12.9. The van der Waals surface area contributed by atoms with Gasteiger partial charge in [-0.15, -0.1) is 10.2 Å². The monoisotopic (exact) mass is 339 g/mol. The molecule has 25 heavy (non-hydrogen) atoms. The van der Waals surface area contributed by atoms with Crippen molar-refractivity contribution in [3.05, 3.63) is 47.5 Å². The second kappa shape index (κ2) is 6.31. The minimum absolute atomic E-state index is 0.0517. The Labute approximate surface area is 146 Å². The zero-order valence-corrected chi connectivity index (χ0v) is 14.3. The number of aromatic nitrogens is 3. The summed E-state index contributed by atoms with van der Waals surface area (Å²) < 4.78 is 2.05. The average Bonchev–Trinajstić information content (AvgIpc) is 3.18. The summed E-state index contributed by atoms with van der Waals surface area (Å²) in [6.07, 6.45) is 0.299. The van der Waals surface area contributed by atoms with E-state index in [1.807, 2.05) is 46.7 Å². The minimum Gasteiger partial charge on any atom is -0.338 e. The number of hydrogen-bond donors (Lipinski definition) is 0. The molecule has 7 heteroatoms. The van der Waals surface area contributed by atoms with Gasteiger partial charge < -0.3 is 14.4 Å². The summed E-state index contributed by atoms with van der Waals surface area (Å²) in [5.41, 5.74) is 1.09. The van der Waals surface area contributed by atoms with Gasteiger partial charge in [-0.05, 0) is 12.5 Å². The van der Waals surface area contributed by atoms with E-state index in [1.54, 1.807) is 4.90 Å². The van der Waals surface area contributed by atoms with Crippen molar-refractivity contribution in [1.29, 1.82) is 0 Å². The first-order valence-corrected chi connectivity index (χ1v) is 8.61. The molecular weight excluding hydrogens is 318 g/mol. The zero-order chi connectivity index (χ0) is 17.4. The third-order valence-corrected chi connectivity index (χ3v) is 5.03. The van der Waals surface area contributed by atoms with Gasteiger partial charge in [0.25, 0.3) is 0 Å². The molecule has 1 aromatic carbocycles. The maximum Gasteiger partial charge on any atom is 0.228 e. The summed E-state index contributed by atoms with van der Waals surface area (Å²) in [4.78, 5) is 28.8. The highest BCUT2D eigenvalue weighted by Gasteiger charge is 2.37. The number of hydrogen-bond acceptors (Lipinski definition) is 4. The first-order valence-electron chi connectivity index (χ1n) is 8.61. The lowest BCUT2D eigenvalue weighted by atomic mass is 10.1. The Morgan fingerprint density at radius 1 is 1.20 bits per heavy atom. The van der Waals surface area contributed by atoms with Gasteiger partial charge in [0.05, 0.1) is 12.5 Å². The molecule has 2 amide bonds. The quantitative estimate of drug-likeness (QED) is 0.836. The van der Waals surface area contributed by atoms with E-state index in [0.29, 0.717) is 39.1 Å². The first-order chi connectivity index (χ1) is 12.1. The fraction of sp³-hybridized carbons (Fsp3) is 0.444. The van der Waals surface area contributed by atoms with Gasteiger partial charge in [-0.25, -0.2) is 0 Å². The Kier molecular flexibility index (Phi) is 3.99. The summed E-state index contributed by atoms with van der Waals surface area (Å²) in [5.74, 6) is 1.55. The van der Waals surface area contributed by atoms with Gasteiger partial charge >= 0.3 is 0 Å². The third-order valence-electron chi connectivity index (χ3n) is 5.03. The van der Waals surface area contributed by atoms with Crippen LogP contribution >= 0.6 is 0 Å². The molecule has 0 saturated carbocycles. The molecule has 0 spiro atoms. The molecular formula is C18H21N5O2. The van der Waals surface area contributed by atoms with Crippen LogP contribution in [0, 0.1) is 12.8 Å². The molecule has 0 bridgehead atoms. The molecule has 0 N–H and O–H groups in total. The van der Waals surface area contributed by atoms with Crippen LogP contribution in [0.1, 0.15) is 23.6 Å². The first kappa shape index (κ1) is 15.8. The number of nitrogens with zero attached hydrogens (tertiary/aromatic N) is 5. The summed E-state index contributed by atoms with van der Waals surface area (Å²) in [5, 5.41) is 8.22. The Morgan fingerprint density at radius 2 is 2.00 bits per heavy atom.